The molecule has 31 heavy (non-hydrogen) atoms. The monoisotopic (exact) mass is 438 g/mol. The summed E-state index contributed by atoms with van der Waals surface area (Å²) in [5.41, 5.74) is 3.02. The zero-order chi connectivity index (χ0) is 22.1. The first-order valence-corrected chi connectivity index (χ1v) is 11.7. The Hall–Kier alpha value is -2.51. The van der Waals surface area contributed by atoms with Crippen molar-refractivity contribution in [1.29, 1.82) is 0 Å². The summed E-state index contributed by atoms with van der Waals surface area (Å²) in [6.07, 6.45) is 4.21. The first kappa shape index (κ1) is 21.7. The van der Waals surface area contributed by atoms with Gasteiger partial charge in [0.25, 0.3) is 5.56 Å². The standard InChI is InChI=1S/C24H30N4O2S/c1-15(2)16-9-11-17(12-10-16)25-21(29)14-28-20(13-27(3)4)26-23-22(24(28)30)18-7-5-6-8-19(18)31-23/h9-12,15H,5-8,13-14H2,1-4H3,(H,25,29). The van der Waals surface area contributed by atoms with Crippen molar-refractivity contribution in [1.82, 2.24) is 14.5 Å². The minimum atomic E-state index is -0.218. The average Bonchev–Trinajstić information content (AvgIpc) is 3.09. The SMILES string of the molecule is CC(C)c1ccc(NC(=O)Cn2c(CN(C)C)nc3sc4c(c3c2=O)CCCC4)cc1. The molecule has 0 saturated carbocycles. The average molecular weight is 439 g/mol. The number of benzene rings is 1. The van der Waals surface area contributed by atoms with Gasteiger partial charge in [-0.1, -0.05) is 26.0 Å². The maximum Gasteiger partial charge on any atom is 0.263 e. The number of rotatable bonds is 6. The van der Waals surface area contributed by atoms with Crippen molar-refractivity contribution in [3.05, 3.63) is 56.4 Å². The number of carbonyl (C=O) groups excluding carboxylic acids is 1. The molecule has 0 saturated heterocycles. The van der Waals surface area contributed by atoms with Crippen molar-refractivity contribution >= 4 is 33.1 Å². The van der Waals surface area contributed by atoms with E-state index >= 15 is 0 Å². The van der Waals surface area contributed by atoms with Gasteiger partial charge in [0.05, 0.1) is 11.9 Å². The Balaban J connectivity index is 1.66. The van der Waals surface area contributed by atoms with E-state index in [4.69, 9.17) is 4.98 Å². The molecule has 164 valence electrons. The van der Waals surface area contributed by atoms with Crippen LogP contribution >= 0.6 is 11.3 Å². The number of hydrogen-bond donors (Lipinski definition) is 1. The number of aromatic nitrogens is 2. The van der Waals surface area contributed by atoms with Crippen LogP contribution in [0.25, 0.3) is 10.2 Å². The fourth-order valence-corrected chi connectivity index (χ4v) is 5.41. The van der Waals surface area contributed by atoms with E-state index in [1.165, 1.54) is 10.4 Å². The molecule has 0 aliphatic heterocycles. The predicted molar refractivity (Wildman–Crippen MR) is 127 cm³/mol. The summed E-state index contributed by atoms with van der Waals surface area (Å²) in [5, 5.41) is 3.65. The Morgan fingerprint density at radius 3 is 2.58 bits per heavy atom. The first-order chi connectivity index (χ1) is 14.8. The molecule has 7 heteroatoms. The Morgan fingerprint density at radius 2 is 1.90 bits per heavy atom. The second-order valence-electron chi connectivity index (χ2n) is 8.87. The summed E-state index contributed by atoms with van der Waals surface area (Å²) in [6, 6.07) is 7.87. The van der Waals surface area contributed by atoms with Gasteiger partial charge in [0.2, 0.25) is 5.91 Å². The van der Waals surface area contributed by atoms with Crippen molar-refractivity contribution in [2.45, 2.75) is 58.5 Å². The van der Waals surface area contributed by atoms with E-state index in [2.05, 4.69) is 19.2 Å². The van der Waals surface area contributed by atoms with Gasteiger partial charge in [0, 0.05) is 10.6 Å². The van der Waals surface area contributed by atoms with Gasteiger partial charge >= 0.3 is 0 Å². The Bertz CT molecular complexity index is 1160. The third-order valence-corrected chi connectivity index (χ3v) is 6.96. The summed E-state index contributed by atoms with van der Waals surface area (Å²) in [7, 11) is 3.88. The maximum atomic E-state index is 13.5. The molecule has 0 atom stereocenters. The van der Waals surface area contributed by atoms with Crippen LogP contribution in [-0.4, -0.2) is 34.5 Å². The predicted octanol–water partition coefficient (Wildman–Crippen LogP) is 4.16. The van der Waals surface area contributed by atoms with E-state index in [-0.39, 0.29) is 18.0 Å². The third kappa shape index (κ3) is 4.57. The molecule has 2 heterocycles. The zero-order valence-electron chi connectivity index (χ0n) is 18.7. The van der Waals surface area contributed by atoms with Crippen LogP contribution in [0, 0.1) is 0 Å². The summed E-state index contributed by atoms with van der Waals surface area (Å²) in [4.78, 5) is 35.3. The van der Waals surface area contributed by atoms with E-state index in [1.807, 2.05) is 43.3 Å². The number of nitrogens with zero attached hydrogens (tertiary/aromatic N) is 3. The van der Waals surface area contributed by atoms with Crippen molar-refractivity contribution in [2.75, 3.05) is 19.4 Å². The molecule has 0 spiro atoms. The minimum Gasteiger partial charge on any atom is -0.325 e. The van der Waals surface area contributed by atoms with E-state index in [0.717, 1.165) is 47.2 Å². The minimum absolute atomic E-state index is 0.0402. The lowest BCUT2D eigenvalue weighted by Crippen LogP contribution is -2.33. The van der Waals surface area contributed by atoms with Gasteiger partial charge in [0.1, 0.15) is 17.2 Å². The molecular weight excluding hydrogens is 408 g/mol. The molecule has 0 unspecified atom stereocenters. The van der Waals surface area contributed by atoms with E-state index in [1.54, 1.807) is 15.9 Å². The molecule has 0 bridgehead atoms. The lowest BCUT2D eigenvalue weighted by molar-refractivity contribution is -0.116. The Labute approximate surface area is 186 Å². The maximum absolute atomic E-state index is 13.5. The number of fused-ring (bicyclic) bond motifs is 3. The number of nitrogens with one attached hydrogen (secondary N) is 1. The topological polar surface area (TPSA) is 67.2 Å². The number of amides is 1. The van der Waals surface area contributed by atoms with Gasteiger partial charge in [-0.2, -0.15) is 0 Å². The fourth-order valence-electron chi connectivity index (χ4n) is 4.14. The normalized spacial score (nSPS) is 13.7. The highest BCUT2D eigenvalue weighted by Crippen LogP contribution is 2.33. The van der Waals surface area contributed by atoms with Crippen molar-refractivity contribution in [2.24, 2.45) is 0 Å². The molecule has 1 aromatic carbocycles. The zero-order valence-corrected chi connectivity index (χ0v) is 19.5. The van der Waals surface area contributed by atoms with E-state index < -0.39 is 0 Å². The highest BCUT2D eigenvalue weighted by molar-refractivity contribution is 7.18. The largest absolute Gasteiger partial charge is 0.325 e. The lowest BCUT2D eigenvalue weighted by atomic mass is 9.97. The number of thiophene rings is 1. The number of anilines is 1. The van der Waals surface area contributed by atoms with Crippen molar-refractivity contribution in [3.63, 3.8) is 0 Å². The molecule has 0 radical (unpaired) electrons. The third-order valence-electron chi connectivity index (χ3n) is 5.77. The van der Waals surface area contributed by atoms with Gasteiger partial charge in [-0.3, -0.25) is 14.2 Å². The smallest absolute Gasteiger partial charge is 0.263 e. The van der Waals surface area contributed by atoms with Crippen LogP contribution in [0.15, 0.2) is 29.1 Å². The molecule has 0 fully saturated rings. The molecule has 1 aliphatic carbocycles. The molecule has 1 aliphatic rings. The highest BCUT2D eigenvalue weighted by atomic mass is 32.1. The second kappa shape index (κ2) is 8.93. The van der Waals surface area contributed by atoms with E-state index in [0.29, 0.717) is 18.3 Å². The van der Waals surface area contributed by atoms with Gasteiger partial charge in [-0.15, -0.1) is 11.3 Å². The summed E-state index contributed by atoms with van der Waals surface area (Å²) in [6.45, 7) is 4.74. The first-order valence-electron chi connectivity index (χ1n) is 10.9. The lowest BCUT2D eigenvalue weighted by Gasteiger charge is -2.16. The quantitative estimate of drug-likeness (QED) is 0.628. The van der Waals surface area contributed by atoms with Crippen LogP contribution in [0.3, 0.4) is 0 Å². The van der Waals surface area contributed by atoms with Crippen LogP contribution in [0.2, 0.25) is 0 Å². The highest BCUT2D eigenvalue weighted by Gasteiger charge is 2.23. The van der Waals surface area contributed by atoms with Crippen LogP contribution in [0.1, 0.15) is 54.4 Å². The van der Waals surface area contributed by atoms with Crippen LogP contribution in [0.5, 0.6) is 0 Å². The Kier molecular flexibility index (Phi) is 6.25. The van der Waals surface area contributed by atoms with Gasteiger partial charge in [-0.05, 0) is 69.0 Å². The van der Waals surface area contributed by atoms with Crippen molar-refractivity contribution < 1.29 is 4.79 Å². The summed E-state index contributed by atoms with van der Waals surface area (Å²) in [5.74, 6) is 0.849. The molecular formula is C24H30N4O2S. The molecule has 1 N–H and O–H groups in total. The van der Waals surface area contributed by atoms with Crippen molar-refractivity contribution in [3.8, 4) is 0 Å². The number of carbonyl (C=O) groups is 1. The Morgan fingerprint density at radius 1 is 1.19 bits per heavy atom. The van der Waals surface area contributed by atoms with E-state index in [9.17, 15) is 9.59 Å². The van der Waals surface area contributed by atoms with Crippen LogP contribution in [-0.2, 0) is 30.7 Å². The summed E-state index contributed by atoms with van der Waals surface area (Å²) >= 11 is 1.65. The van der Waals surface area contributed by atoms with Crippen LogP contribution in [0.4, 0.5) is 5.69 Å². The second-order valence-corrected chi connectivity index (χ2v) is 9.96. The summed E-state index contributed by atoms with van der Waals surface area (Å²) < 4.78 is 1.56. The molecule has 1 amide bonds. The number of aryl methyl sites for hydroxylation is 2. The molecule has 4 rings (SSSR count). The fraction of sp³-hybridized carbons (Fsp3) is 0.458. The molecule has 2 aromatic heterocycles. The van der Waals surface area contributed by atoms with Gasteiger partial charge < -0.3 is 10.2 Å². The molecule has 3 aromatic rings. The van der Waals surface area contributed by atoms with Crippen LogP contribution < -0.4 is 10.9 Å². The van der Waals surface area contributed by atoms with Gasteiger partial charge in [0.15, 0.2) is 0 Å². The number of hydrogen-bond acceptors (Lipinski definition) is 5. The van der Waals surface area contributed by atoms with Gasteiger partial charge in [-0.25, -0.2) is 4.98 Å². The molecule has 6 nitrogen and oxygen atoms in total.